The highest BCUT2D eigenvalue weighted by molar-refractivity contribution is 6.31. The summed E-state index contributed by atoms with van der Waals surface area (Å²) in [5, 5.41) is 11.2. The Labute approximate surface area is 147 Å². The number of nitro groups is 1. The molecule has 0 unspecified atom stereocenters. The van der Waals surface area contributed by atoms with Crippen LogP contribution in [0.25, 0.3) is 0 Å². The van der Waals surface area contributed by atoms with Gasteiger partial charge in [-0.3, -0.25) is 14.9 Å². The molecule has 2 N–H and O–H groups in total. The van der Waals surface area contributed by atoms with Crippen LogP contribution in [0, 0.1) is 10.1 Å². The first-order chi connectivity index (χ1) is 10.5. The molecule has 23 heavy (non-hydrogen) atoms. The van der Waals surface area contributed by atoms with Gasteiger partial charge in [-0.25, -0.2) is 0 Å². The monoisotopic (exact) mass is 363 g/mol. The highest BCUT2D eigenvalue weighted by Gasteiger charge is 2.14. The van der Waals surface area contributed by atoms with E-state index in [0.717, 1.165) is 25.7 Å². The minimum absolute atomic E-state index is 0. The first-order valence-electron chi connectivity index (χ1n) is 7.32. The molecule has 1 rings (SSSR count). The Bertz CT molecular complexity index is 527. The first-order valence-corrected chi connectivity index (χ1v) is 7.70. The number of halogens is 2. The quantitative estimate of drug-likeness (QED) is 0.412. The molecule has 6 nitrogen and oxygen atoms in total. The fourth-order valence-corrected chi connectivity index (χ4v) is 2.28. The Morgan fingerprint density at radius 2 is 1.96 bits per heavy atom. The SMILES string of the molecule is CN(Cc1cc([N+](=O)[O-])ccc1Cl)C(=O)CCCCCCN.Cl. The molecule has 0 heterocycles. The third-order valence-electron chi connectivity index (χ3n) is 3.42. The van der Waals surface area contributed by atoms with Crippen molar-refractivity contribution >= 4 is 35.6 Å². The van der Waals surface area contributed by atoms with Gasteiger partial charge < -0.3 is 10.6 Å². The van der Waals surface area contributed by atoms with E-state index in [1.807, 2.05) is 0 Å². The van der Waals surface area contributed by atoms with Gasteiger partial charge in [0.15, 0.2) is 0 Å². The number of hydrogen-bond donors (Lipinski definition) is 1. The highest BCUT2D eigenvalue weighted by atomic mass is 35.5. The van der Waals surface area contributed by atoms with Gasteiger partial charge in [0.1, 0.15) is 0 Å². The van der Waals surface area contributed by atoms with Crippen LogP contribution in [0.4, 0.5) is 5.69 Å². The van der Waals surface area contributed by atoms with Gasteiger partial charge in [-0.2, -0.15) is 0 Å². The maximum absolute atomic E-state index is 12.0. The van der Waals surface area contributed by atoms with Crippen LogP contribution in [0.15, 0.2) is 18.2 Å². The number of hydrogen-bond acceptors (Lipinski definition) is 4. The maximum atomic E-state index is 12.0. The van der Waals surface area contributed by atoms with E-state index < -0.39 is 4.92 Å². The summed E-state index contributed by atoms with van der Waals surface area (Å²) in [6, 6.07) is 4.25. The van der Waals surface area contributed by atoms with E-state index in [0.29, 0.717) is 23.6 Å². The zero-order valence-electron chi connectivity index (χ0n) is 13.2. The second-order valence-electron chi connectivity index (χ2n) is 5.24. The minimum atomic E-state index is -0.473. The van der Waals surface area contributed by atoms with Gasteiger partial charge in [0, 0.05) is 37.2 Å². The third kappa shape index (κ3) is 7.63. The van der Waals surface area contributed by atoms with Crippen molar-refractivity contribution in [2.45, 2.75) is 38.6 Å². The molecule has 0 spiro atoms. The average molecular weight is 364 g/mol. The van der Waals surface area contributed by atoms with Crippen LogP contribution in [-0.4, -0.2) is 29.3 Å². The van der Waals surface area contributed by atoms with E-state index in [1.165, 1.54) is 18.2 Å². The number of unbranched alkanes of at least 4 members (excludes halogenated alkanes) is 3. The summed E-state index contributed by atoms with van der Waals surface area (Å²) in [5.41, 5.74) is 5.97. The van der Waals surface area contributed by atoms with Crippen LogP contribution in [0.5, 0.6) is 0 Å². The van der Waals surface area contributed by atoms with E-state index in [9.17, 15) is 14.9 Å². The zero-order chi connectivity index (χ0) is 16.5. The molecule has 0 saturated heterocycles. The van der Waals surface area contributed by atoms with Gasteiger partial charge in [0.2, 0.25) is 5.91 Å². The van der Waals surface area contributed by atoms with Gasteiger partial charge in [-0.1, -0.05) is 24.4 Å². The van der Waals surface area contributed by atoms with Crippen LogP contribution in [0.2, 0.25) is 5.02 Å². The molecule has 0 aliphatic heterocycles. The molecule has 0 saturated carbocycles. The Kier molecular flexibility index (Phi) is 10.5. The van der Waals surface area contributed by atoms with Crippen molar-refractivity contribution in [3.8, 4) is 0 Å². The molecule has 0 aliphatic rings. The fourth-order valence-electron chi connectivity index (χ4n) is 2.10. The molecule has 8 heteroatoms. The first kappa shape index (κ1) is 21.6. The Morgan fingerprint density at radius 1 is 1.30 bits per heavy atom. The summed E-state index contributed by atoms with van der Waals surface area (Å²) in [4.78, 5) is 23.9. The highest BCUT2D eigenvalue weighted by Crippen LogP contribution is 2.23. The molecule has 1 amide bonds. The number of nitrogens with zero attached hydrogens (tertiary/aromatic N) is 2. The molecule has 0 bridgehead atoms. The second-order valence-corrected chi connectivity index (χ2v) is 5.64. The number of nitro benzene ring substituents is 1. The van der Waals surface area contributed by atoms with Crippen LogP contribution in [0.3, 0.4) is 0 Å². The van der Waals surface area contributed by atoms with Crippen LogP contribution < -0.4 is 5.73 Å². The summed E-state index contributed by atoms with van der Waals surface area (Å²) in [6.45, 7) is 0.946. The smallest absolute Gasteiger partial charge is 0.269 e. The van der Waals surface area contributed by atoms with Crippen molar-refractivity contribution in [3.63, 3.8) is 0 Å². The molecule has 130 valence electrons. The average Bonchev–Trinajstić information content (AvgIpc) is 2.48. The molecule has 1 aromatic rings. The number of benzene rings is 1. The Balaban J connectivity index is 0.00000484. The maximum Gasteiger partial charge on any atom is 0.269 e. The molecule has 0 aromatic heterocycles. The van der Waals surface area contributed by atoms with E-state index >= 15 is 0 Å². The lowest BCUT2D eigenvalue weighted by atomic mass is 10.1. The third-order valence-corrected chi connectivity index (χ3v) is 3.79. The molecule has 0 radical (unpaired) electrons. The van der Waals surface area contributed by atoms with E-state index in [2.05, 4.69) is 0 Å². The Hall–Kier alpha value is -1.37. The summed E-state index contributed by atoms with van der Waals surface area (Å²) < 4.78 is 0. The summed E-state index contributed by atoms with van der Waals surface area (Å²) in [7, 11) is 1.68. The molecular weight excluding hydrogens is 341 g/mol. The number of amides is 1. The van der Waals surface area contributed by atoms with Gasteiger partial charge >= 0.3 is 0 Å². The minimum Gasteiger partial charge on any atom is -0.341 e. The predicted molar refractivity (Wildman–Crippen MR) is 94.0 cm³/mol. The van der Waals surface area contributed by atoms with Crippen molar-refractivity contribution in [1.29, 1.82) is 0 Å². The van der Waals surface area contributed by atoms with Crippen LogP contribution in [0.1, 0.15) is 37.7 Å². The predicted octanol–water partition coefficient (Wildman–Crippen LogP) is 3.54. The summed E-state index contributed by atoms with van der Waals surface area (Å²) >= 11 is 6.04. The van der Waals surface area contributed by atoms with Crippen molar-refractivity contribution in [1.82, 2.24) is 4.90 Å². The molecule has 0 aliphatic carbocycles. The van der Waals surface area contributed by atoms with Crippen molar-refractivity contribution in [2.24, 2.45) is 5.73 Å². The van der Waals surface area contributed by atoms with Crippen molar-refractivity contribution in [3.05, 3.63) is 38.9 Å². The normalized spacial score (nSPS) is 10.0. The summed E-state index contributed by atoms with van der Waals surface area (Å²) in [6.07, 6.45) is 4.28. The van der Waals surface area contributed by atoms with E-state index in [4.69, 9.17) is 17.3 Å². The fraction of sp³-hybridized carbons (Fsp3) is 0.533. The topological polar surface area (TPSA) is 89.5 Å². The largest absolute Gasteiger partial charge is 0.341 e. The van der Waals surface area contributed by atoms with E-state index in [-0.39, 0.29) is 30.5 Å². The lowest BCUT2D eigenvalue weighted by Gasteiger charge is -2.18. The lowest BCUT2D eigenvalue weighted by Crippen LogP contribution is -2.26. The summed E-state index contributed by atoms with van der Waals surface area (Å²) in [5.74, 6) is 0.00956. The molecule has 0 fully saturated rings. The zero-order valence-corrected chi connectivity index (χ0v) is 14.7. The number of carbonyl (C=O) groups excluding carboxylic acids is 1. The van der Waals surface area contributed by atoms with Gasteiger partial charge in [-0.05, 0) is 31.0 Å². The number of nitrogens with two attached hydrogens (primary N) is 1. The standard InChI is InChI=1S/C15H22ClN3O3.ClH/c1-18(15(20)6-4-2-3-5-9-17)11-12-10-13(19(21)22)7-8-14(12)16;/h7-8,10H,2-6,9,11,17H2,1H3;1H. The van der Waals surface area contributed by atoms with Crippen molar-refractivity contribution in [2.75, 3.05) is 13.6 Å². The van der Waals surface area contributed by atoms with E-state index in [1.54, 1.807) is 11.9 Å². The van der Waals surface area contributed by atoms with Crippen LogP contribution >= 0.6 is 24.0 Å². The second kappa shape index (κ2) is 11.2. The van der Waals surface area contributed by atoms with Gasteiger partial charge in [-0.15, -0.1) is 12.4 Å². The lowest BCUT2D eigenvalue weighted by molar-refractivity contribution is -0.384. The molecular formula is C15H23Cl2N3O3. The number of non-ortho nitro benzene ring substituents is 1. The molecule has 1 aromatic carbocycles. The molecule has 0 atom stereocenters. The number of rotatable bonds is 9. The van der Waals surface area contributed by atoms with Gasteiger partial charge in [0.25, 0.3) is 5.69 Å². The van der Waals surface area contributed by atoms with Gasteiger partial charge in [0.05, 0.1) is 4.92 Å². The van der Waals surface area contributed by atoms with Crippen molar-refractivity contribution < 1.29 is 9.72 Å². The number of carbonyl (C=O) groups is 1. The Morgan fingerprint density at radius 3 is 2.57 bits per heavy atom. The van der Waals surface area contributed by atoms with Crippen LogP contribution in [-0.2, 0) is 11.3 Å².